The molecule has 1 nitrogen and oxygen atoms in total. The van der Waals surface area contributed by atoms with Gasteiger partial charge in [-0.25, -0.2) is 0 Å². The van der Waals surface area contributed by atoms with Crippen molar-refractivity contribution in [3.05, 3.63) is 200 Å². The van der Waals surface area contributed by atoms with Gasteiger partial charge in [0, 0.05) is 16.9 Å². The Morgan fingerprint density at radius 2 is 0.787 bits per heavy atom. The topological polar surface area (TPSA) is 3.24 Å². The van der Waals surface area contributed by atoms with E-state index >= 15 is 0 Å². The minimum absolute atomic E-state index is 1.12. The highest BCUT2D eigenvalue weighted by Gasteiger charge is 2.20. The molecule has 0 aromatic heterocycles. The summed E-state index contributed by atoms with van der Waals surface area (Å²) < 4.78 is 0. The fourth-order valence-corrected chi connectivity index (χ4v) is 6.62. The second kappa shape index (κ2) is 12.7. The fraction of sp³-hybridized carbons (Fsp3) is 0. The normalized spacial score (nSPS) is 11.0. The molecule has 0 radical (unpaired) electrons. The Kier molecular flexibility index (Phi) is 7.63. The van der Waals surface area contributed by atoms with Crippen molar-refractivity contribution < 1.29 is 0 Å². The minimum atomic E-state index is 1.12. The molecule has 0 amide bonds. The van der Waals surface area contributed by atoms with Gasteiger partial charge in [0.15, 0.2) is 0 Å². The molecule has 0 heterocycles. The van der Waals surface area contributed by atoms with Gasteiger partial charge >= 0.3 is 0 Å². The molecule has 0 fully saturated rings. The van der Waals surface area contributed by atoms with E-state index in [1.807, 2.05) is 0 Å². The number of rotatable bonds is 7. The van der Waals surface area contributed by atoms with Crippen LogP contribution in [-0.2, 0) is 0 Å². The Morgan fingerprint density at radius 3 is 1.51 bits per heavy atom. The molecule has 1 heteroatoms. The third-order valence-corrected chi connectivity index (χ3v) is 8.87. The average molecular weight is 600 g/mol. The van der Waals surface area contributed by atoms with Crippen LogP contribution >= 0.6 is 0 Å². The van der Waals surface area contributed by atoms with Crippen molar-refractivity contribution in [3.63, 3.8) is 0 Å². The molecule has 0 aliphatic rings. The minimum Gasteiger partial charge on any atom is -0.310 e. The molecule has 0 bridgehead atoms. The first-order chi connectivity index (χ1) is 23.3. The molecule has 47 heavy (non-hydrogen) atoms. The zero-order valence-corrected chi connectivity index (χ0v) is 26.0. The van der Waals surface area contributed by atoms with Crippen molar-refractivity contribution >= 4 is 27.8 Å². The van der Waals surface area contributed by atoms with E-state index in [-0.39, 0.29) is 0 Å². The number of para-hydroxylation sites is 2. The van der Waals surface area contributed by atoms with Crippen LogP contribution in [0, 0.1) is 0 Å². The Morgan fingerprint density at radius 1 is 0.255 bits per heavy atom. The molecule has 0 saturated heterocycles. The zero-order valence-electron chi connectivity index (χ0n) is 26.0. The number of benzene rings is 8. The first-order valence-corrected chi connectivity index (χ1v) is 16.1. The predicted molar refractivity (Wildman–Crippen MR) is 200 cm³/mol. The molecule has 0 atom stereocenters. The van der Waals surface area contributed by atoms with Gasteiger partial charge < -0.3 is 4.90 Å². The molecule has 0 aliphatic carbocycles. The van der Waals surface area contributed by atoms with Crippen molar-refractivity contribution in [1.29, 1.82) is 0 Å². The smallest absolute Gasteiger partial charge is 0.0540 e. The van der Waals surface area contributed by atoms with Crippen LogP contribution in [0.2, 0.25) is 0 Å². The van der Waals surface area contributed by atoms with Crippen LogP contribution in [0.3, 0.4) is 0 Å². The maximum atomic E-state index is 2.38. The molecule has 8 aromatic carbocycles. The van der Waals surface area contributed by atoms with Crippen molar-refractivity contribution in [3.8, 4) is 44.5 Å². The van der Waals surface area contributed by atoms with Crippen LogP contribution < -0.4 is 4.90 Å². The SMILES string of the molecule is c1ccc(-c2ccc(-c3ccccc3-c3ccccc3N(c3ccccc3)c3ccc4ccccc4c3)c(-c3ccccc3)c2)cc1. The standard InChI is InChI=1S/C46H33N/c1-4-16-34(17-5-1)38-29-31-43(45(33-38)36-19-6-2-7-20-36)41-24-12-13-25-42(41)44-26-14-15-27-46(44)47(39-22-8-3-9-23-39)40-30-28-35-18-10-11-21-37(35)32-40/h1-33H. The van der Waals surface area contributed by atoms with Gasteiger partial charge in [0.25, 0.3) is 0 Å². The van der Waals surface area contributed by atoms with E-state index in [1.54, 1.807) is 0 Å². The molecule has 0 N–H and O–H groups in total. The highest BCUT2D eigenvalue weighted by molar-refractivity contribution is 5.98. The summed E-state index contributed by atoms with van der Waals surface area (Å²) in [5, 5.41) is 2.45. The van der Waals surface area contributed by atoms with Crippen molar-refractivity contribution in [1.82, 2.24) is 0 Å². The summed E-state index contributed by atoms with van der Waals surface area (Å²) in [6.07, 6.45) is 0. The molecule has 222 valence electrons. The Bertz CT molecular complexity index is 2290. The number of fused-ring (bicyclic) bond motifs is 1. The average Bonchev–Trinajstić information content (AvgIpc) is 3.16. The van der Waals surface area contributed by atoms with E-state index in [2.05, 4.69) is 205 Å². The van der Waals surface area contributed by atoms with Crippen molar-refractivity contribution in [2.45, 2.75) is 0 Å². The number of anilines is 3. The number of nitrogens with zero attached hydrogens (tertiary/aromatic N) is 1. The van der Waals surface area contributed by atoms with Gasteiger partial charge in [0.05, 0.1) is 5.69 Å². The van der Waals surface area contributed by atoms with Gasteiger partial charge in [-0.15, -0.1) is 0 Å². The largest absolute Gasteiger partial charge is 0.310 e. The van der Waals surface area contributed by atoms with Gasteiger partial charge in [0.2, 0.25) is 0 Å². The predicted octanol–water partition coefficient (Wildman–Crippen LogP) is 13.0. The van der Waals surface area contributed by atoms with Gasteiger partial charge in [-0.05, 0) is 86.1 Å². The molecule has 8 aromatic rings. The highest BCUT2D eigenvalue weighted by Crippen LogP contribution is 2.46. The van der Waals surface area contributed by atoms with E-state index in [0.717, 1.165) is 17.1 Å². The van der Waals surface area contributed by atoms with E-state index in [1.165, 1.54) is 55.3 Å². The van der Waals surface area contributed by atoms with Crippen molar-refractivity contribution in [2.24, 2.45) is 0 Å². The lowest BCUT2D eigenvalue weighted by molar-refractivity contribution is 1.29. The van der Waals surface area contributed by atoms with E-state index in [0.29, 0.717) is 0 Å². The lowest BCUT2D eigenvalue weighted by Crippen LogP contribution is -2.11. The van der Waals surface area contributed by atoms with Crippen LogP contribution in [0.4, 0.5) is 17.1 Å². The molecule has 0 unspecified atom stereocenters. The summed E-state index contributed by atoms with van der Waals surface area (Å²) in [6, 6.07) is 71.9. The van der Waals surface area contributed by atoms with Gasteiger partial charge in [-0.1, -0.05) is 164 Å². The Hall–Kier alpha value is -6.18. The van der Waals surface area contributed by atoms with Crippen LogP contribution in [0.15, 0.2) is 200 Å². The third-order valence-electron chi connectivity index (χ3n) is 8.87. The molecule has 0 saturated carbocycles. The summed E-state index contributed by atoms with van der Waals surface area (Å²) in [4.78, 5) is 2.38. The first kappa shape index (κ1) is 28.3. The third kappa shape index (κ3) is 5.60. The Balaban J connectivity index is 1.33. The van der Waals surface area contributed by atoms with Crippen molar-refractivity contribution in [2.75, 3.05) is 4.90 Å². The highest BCUT2D eigenvalue weighted by atomic mass is 15.1. The molecule has 0 spiro atoms. The van der Waals surface area contributed by atoms with Gasteiger partial charge in [0.1, 0.15) is 0 Å². The van der Waals surface area contributed by atoms with Gasteiger partial charge in [-0.3, -0.25) is 0 Å². The summed E-state index contributed by atoms with van der Waals surface area (Å²) in [5.74, 6) is 0. The monoisotopic (exact) mass is 599 g/mol. The second-order valence-corrected chi connectivity index (χ2v) is 11.8. The molecule has 8 rings (SSSR count). The van der Waals surface area contributed by atoms with Crippen LogP contribution in [0.5, 0.6) is 0 Å². The second-order valence-electron chi connectivity index (χ2n) is 11.8. The molecular weight excluding hydrogens is 567 g/mol. The van der Waals surface area contributed by atoms with Crippen LogP contribution in [-0.4, -0.2) is 0 Å². The van der Waals surface area contributed by atoms with Crippen LogP contribution in [0.25, 0.3) is 55.3 Å². The van der Waals surface area contributed by atoms with Gasteiger partial charge in [-0.2, -0.15) is 0 Å². The Labute approximate surface area is 276 Å². The zero-order chi connectivity index (χ0) is 31.4. The quantitative estimate of drug-likeness (QED) is 0.176. The maximum absolute atomic E-state index is 2.38. The summed E-state index contributed by atoms with van der Waals surface area (Å²) >= 11 is 0. The van der Waals surface area contributed by atoms with E-state index in [4.69, 9.17) is 0 Å². The van der Waals surface area contributed by atoms with Crippen LogP contribution in [0.1, 0.15) is 0 Å². The van der Waals surface area contributed by atoms with E-state index < -0.39 is 0 Å². The lowest BCUT2D eigenvalue weighted by atomic mass is 9.87. The summed E-state index contributed by atoms with van der Waals surface area (Å²) in [5.41, 5.74) is 13.0. The first-order valence-electron chi connectivity index (χ1n) is 16.1. The lowest BCUT2D eigenvalue weighted by Gasteiger charge is -2.29. The molecule has 0 aliphatic heterocycles. The number of hydrogen-bond donors (Lipinski definition) is 0. The fourth-order valence-electron chi connectivity index (χ4n) is 6.62. The molecular formula is C46H33N. The summed E-state index contributed by atoms with van der Waals surface area (Å²) in [6.45, 7) is 0. The van der Waals surface area contributed by atoms with E-state index in [9.17, 15) is 0 Å². The summed E-state index contributed by atoms with van der Waals surface area (Å²) in [7, 11) is 0. The number of hydrogen-bond acceptors (Lipinski definition) is 1. The maximum Gasteiger partial charge on any atom is 0.0540 e.